The van der Waals surface area contributed by atoms with E-state index >= 15 is 4.39 Å². The Balaban J connectivity index is 1.34. The maximum atomic E-state index is 15.1. The van der Waals surface area contributed by atoms with Gasteiger partial charge in [0.15, 0.2) is 0 Å². The average Bonchev–Trinajstić information content (AvgIpc) is 2.88. The topological polar surface area (TPSA) is 9.23 Å². The molecule has 0 N–H and O–H groups in total. The van der Waals surface area contributed by atoms with Crippen LogP contribution >= 0.6 is 0 Å². The molecule has 1 fully saturated rings. The van der Waals surface area contributed by atoms with Crippen molar-refractivity contribution < 1.29 is 22.3 Å². The Hall–Kier alpha value is -3.00. The molecule has 196 valence electrons. The Morgan fingerprint density at radius 1 is 0.838 bits per heavy atom. The first-order valence-electron chi connectivity index (χ1n) is 13.4. The molecule has 1 nitrogen and oxygen atoms in total. The Labute approximate surface area is 217 Å². The number of halogens is 4. The number of rotatable bonds is 8. The van der Waals surface area contributed by atoms with Gasteiger partial charge in [-0.3, -0.25) is 0 Å². The molecule has 4 rings (SSSR count). The maximum absolute atomic E-state index is 15.1. The van der Waals surface area contributed by atoms with Gasteiger partial charge in [0.1, 0.15) is 11.6 Å². The van der Waals surface area contributed by atoms with Crippen molar-refractivity contribution in [3.05, 3.63) is 77.1 Å². The van der Waals surface area contributed by atoms with Crippen LogP contribution in [0.5, 0.6) is 5.75 Å². The third kappa shape index (κ3) is 7.99. The van der Waals surface area contributed by atoms with Crippen molar-refractivity contribution in [1.82, 2.24) is 0 Å². The van der Waals surface area contributed by atoms with Crippen molar-refractivity contribution in [3.63, 3.8) is 0 Å². The fourth-order valence-electron chi connectivity index (χ4n) is 5.34. The first-order valence-corrected chi connectivity index (χ1v) is 13.4. The number of benzene rings is 3. The Kier molecular flexibility index (Phi) is 9.14. The van der Waals surface area contributed by atoms with Gasteiger partial charge >= 0.3 is 6.36 Å². The van der Waals surface area contributed by atoms with Crippen LogP contribution in [0.15, 0.2) is 54.6 Å². The van der Waals surface area contributed by atoms with E-state index in [4.69, 9.17) is 0 Å². The van der Waals surface area contributed by atoms with Gasteiger partial charge in [0.2, 0.25) is 0 Å². The summed E-state index contributed by atoms with van der Waals surface area (Å²) in [5.74, 6) is 6.64. The molecule has 3 aromatic carbocycles. The summed E-state index contributed by atoms with van der Waals surface area (Å²) >= 11 is 0. The monoisotopic (exact) mass is 510 g/mol. The van der Waals surface area contributed by atoms with Crippen LogP contribution in [0, 0.1) is 29.5 Å². The number of unbranched alkanes of at least 4 members (excludes halogenated alkanes) is 2. The van der Waals surface area contributed by atoms with Crippen molar-refractivity contribution in [2.45, 2.75) is 77.5 Å². The molecule has 0 radical (unpaired) electrons. The van der Waals surface area contributed by atoms with E-state index in [9.17, 15) is 13.2 Å². The van der Waals surface area contributed by atoms with Gasteiger partial charge in [-0.25, -0.2) is 4.39 Å². The summed E-state index contributed by atoms with van der Waals surface area (Å²) in [5, 5.41) is 1.38. The normalized spacial score (nSPS) is 17.9. The summed E-state index contributed by atoms with van der Waals surface area (Å²) in [4.78, 5) is 0. The van der Waals surface area contributed by atoms with E-state index in [1.807, 2.05) is 18.2 Å². The summed E-state index contributed by atoms with van der Waals surface area (Å²) in [6.45, 7) is 2.26. The highest BCUT2D eigenvalue weighted by molar-refractivity contribution is 5.85. The summed E-state index contributed by atoms with van der Waals surface area (Å²) in [5.41, 5.74) is 1.96. The Morgan fingerprint density at radius 3 is 2.22 bits per heavy atom. The van der Waals surface area contributed by atoms with Crippen LogP contribution < -0.4 is 4.74 Å². The molecule has 0 aromatic heterocycles. The molecular weight excluding hydrogens is 476 g/mol. The van der Waals surface area contributed by atoms with E-state index in [1.54, 1.807) is 6.07 Å². The molecule has 5 heteroatoms. The van der Waals surface area contributed by atoms with E-state index in [2.05, 4.69) is 29.6 Å². The minimum Gasteiger partial charge on any atom is -0.406 e. The zero-order valence-corrected chi connectivity index (χ0v) is 21.3. The minimum absolute atomic E-state index is 0.256. The lowest BCUT2D eigenvalue weighted by atomic mass is 9.77. The number of aryl methyl sites for hydroxylation is 1. The van der Waals surface area contributed by atoms with Crippen LogP contribution in [0.1, 0.15) is 81.4 Å². The highest BCUT2D eigenvalue weighted by atomic mass is 19.4. The average molecular weight is 511 g/mol. The quantitative estimate of drug-likeness (QED) is 0.167. The molecule has 1 aliphatic carbocycles. The van der Waals surface area contributed by atoms with Crippen molar-refractivity contribution in [1.29, 1.82) is 0 Å². The van der Waals surface area contributed by atoms with Gasteiger partial charge in [-0.15, -0.1) is 13.2 Å². The van der Waals surface area contributed by atoms with Crippen LogP contribution in [0.2, 0.25) is 0 Å². The first kappa shape index (κ1) is 27.0. The van der Waals surface area contributed by atoms with Crippen LogP contribution in [0.4, 0.5) is 17.6 Å². The third-order valence-corrected chi connectivity index (χ3v) is 7.47. The lowest BCUT2D eigenvalue weighted by Gasteiger charge is -2.28. The highest BCUT2D eigenvalue weighted by Crippen LogP contribution is 2.34. The largest absolute Gasteiger partial charge is 0.573 e. The molecule has 0 atom stereocenters. The SMILES string of the molecule is CCCCCC1CCC(CCc2ccc3c(F)c(C#Cc4ccc(OC(F)(F)F)cc4)ccc3c2)CC1. The predicted molar refractivity (Wildman–Crippen MR) is 141 cm³/mol. The predicted octanol–water partition coefficient (Wildman–Crippen LogP) is 9.60. The molecular formula is C32H34F4O. The van der Waals surface area contributed by atoms with E-state index in [0.717, 1.165) is 23.6 Å². The molecule has 1 aliphatic rings. The lowest BCUT2D eigenvalue weighted by molar-refractivity contribution is -0.274. The van der Waals surface area contributed by atoms with Crippen LogP contribution in [-0.4, -0.2) is 6.36 Å². The smallest absolute Gasteiger partial charge is 0.406 e. The highest BCUT2D eigenvalue weighted by Gasteiger charge is 2.30. The Bertz CT molecular complexity index is 1230. The number of ether oxygens (including phenoxy) is 1. The zero-order valence-electron chi connectivity index (χ0n) is 21.3. The molecule has 0 amide bonds. The summed E-state index contributed by atoms with van der Waals surface area (Å²) in [7, 11) is 0. The number of fused-ring (bicyclic) bond motifs is 1. The molecule has 0 bridgehead atoms. The maximum Gasteiger partial charge on any atom is 0.573 e. The summed E-state index contributed by atoms with van der Waals surface area (Å²) in [6.07, 6.45) is 8.28. The van der Waals surface area contributed by atoms with Crippen molar-refractivity contribution in [2.24, 2.45) is 11.8 Å². The van der Waals surface area contributed by atoms with Gasteiger partial charge in [-0.05, 0) is 66.0 Å². The van der Waals surface area contributed by atoms with Gasteiger partial charge in [0.05, 0.1) is 5.56 Å². The molecule has 37 heavy (non-hydrogen) atoms. The molecule has 0 spiro atoms. The second-order valence-corrected chi connectivity index (χ2v) is 10.2. The van der Waals surface area contributed by atoms with Crippen LogP contribution in [0.3, 0.4) is 0 Å². The van der Waals surface area contributed by atoms with Crippen LogP contribution in [-0.2, 0) is 6.42 Å². The molecule has 1 saturated carbocycles. The molecule has 3 aromatic rings. The minimum atomic E-state index is -4.74. The number of hydrogen-bond acceptors (Lipinski definition) is 1. The van der Waals surface area contributed by atoms with E-state index in [0.29, 0.717) is 10.9 Å². The van der Waals surface area contributed by atoms with Crippen molar-refractivity contribution >= 4 is 10.8 Å². The van der Waals surface area contributed by atoms with Crippen molar-refractivity contribution in [3.8, 4) is 17.6 Å². The van der Waals surface area contributed by atoms with Gasteiger partial charge in [-0.1, -0.05) is 94.4 Å². The fraction of sp³-hybridized carbons (Fsp3) is 0.438. The number of hydrogen-bond donors (Lipinski definition) is 0. The van der Waals surface area contributed by atoms with E-state index < -0.39 is 6.36 Å². The standard InChI is InChI=1S/C32H34F4O/c1-2-3-4-5-23-6-8-24(9-7-23)10-11-26-15-21-30-28(22-26)18-17-27(31(30)33)16-12-25-13-19-29(20-14-25)37-32(34,35)36/h13-15,17-24H,2-11H2,1H3. The molecule has 0 saturated heterocycles. The van der Waals surface area contributed by atoms with Gasteiger partial charge < -0.3 is 4.74 Å². The van der Waals surface area contributed by atoms with Crippen LogP contribution in [0.25, 0.3) is 10.8 Å². The van der Waals surface area contributed by atoms with Gasteiger partial charge in [0, 0.05) is 10.9 Å². The van der Waals surface area contributed by atoms with Crippen molar-refractivity contribution in [2.75, 3.05) is 0 Å². The summed E-state index contributed by atoms with van der Waals surface area (Å²) < 4.78 is 55.9. The lowest BCUT2D eigenvalue weighted by Crippen LogP contribution is -2.16. The van der Waals surface area contributed by atoms with Gasteiger partial charge in [0.25, 0.3) is 0 Å². The fourth-order valence-corrected chi connectivity index (χ4v) is 5.34. The zero-order chi connectivity index (χ0) is 26.3. The molecule has 0 aliphatic heterocycles. The summed E-state index contributed by atoms with van der Waals surface area (Å²) in [6, 6.07) is 14.7. The molecule has 0 unspecified atom stereocenters. The molecule has 0 heterocycles. The number of alkyl halides is 3. The Morgan fingerprint density at radius 2 is 1.54 bits per heavy atom. The third-order valence-electron chi connectivity index (χ3n) is 7.47. The van der Waals surface area contributed by atoms with E-state index in [-0.39, 0.29) is 17.1 Å². The van der Waals surface area contributed by atoms with E-state index in [1.165, 1.54) is 87.6 Å². The second kappa shape index (κ2) is 12.5. The van der Waals surface area contributed by atoms with Gasteiger partial charge in [-0.2, -0.15) is 0 Å². The second-order valence-electron chi connectivity index (χ2n) is 10.2. The first-order chi connectivity index (χ1) is 17.8.